The number of ether oxygens (including phenoxy) is 1. The number of rotatable bonds is 8. The highest BCUT2D eigenvalue weighted by molar-refractivity contribution is 7.92. The van der Waals surface area contributed by atoms with Gasteiger partial charge in [0.1, 0.15) is 18.1 Å². The van der Waals surface area contributed by atoms with Crippen LogP contribution in [0.15, 0.2) is 53.4 Å². The Labute approximate surface area is 188 Å². The number of halogens is 4. The molecular formula is C20H23F4N3O5S. The van der Waals surface area contributed by atoms with E-state index in [2.05, 4.69) is 0 Å². The van der Waals surface area contributed by atoms with E-state index in [-0.39, 0.29) is 16.3 Å². The van der Waals surface area contributed by atoms with E-state index >= 15 is 0 Å². The first-order valence-electron chi connectivity index (χ1n) is 9.19. The summed E-state index contributed by atoms with van der Waals surface area (Å²) in [7, 11) is 0.766. The lowest BCUT2D eigenvalue weighted by Gasteiger charge is -2.20. The van der Waals surface area contributed by atoms with E-state index in [1.54, 1.807) is 19.4 Å². The number of carbonyl (C=O) groups excluding carboxylic acids is 2. The van der Waals surface area contributed by atoms with Crippen molar-refractivity contribution in [3.8, 4) is 5.75 Å². The standard InChI is InChI=1S/C17H16F4N2O4S.C3H7NO/c1-23(28(25,26)15-8-2-12(18)3-9-15)13-4-6-14(7-5-13)27-10-16(24)22-11-17(19,20)21;1-4(2)3-5/h2-9H,10-11H2,1H3,(H,22,24);3H,1-2H3. The largest absolute Gasteiger partial charge is 0.484 e. The Balaban J connectivity index is 0.000000981. The number of amides is 2. The van der Waals surface area contributed by atoms with Gasteiger partial charge in [0.05, 0.1) is 10.6 Å². The van der Waals surface area contributed by atoms with Gasteiger partial charge >= 0.3 is 6.18 Å². The molecule has 0 saturated carbocycles. The van der Waals surface area contributed by atoms with E-state index in [0.29, 0.717) is 0 Å². The summed E-state index contributed by atoms with van der Waals surface area (Å²) in [6, 6.07) is 9.85. The second kappa shape index (κ2) is 12.0. The summed E-state index contributed by atoms with van der Waals surface area (Å²) in [6.07, 6.45) is -3.77. The minimum Gasteiger partial charge on any atom is -0.484 e. The van der Waals surface area contributed by atoms with Crippen molar-refractivity contribution in [2.75, 3.05) is 38.6 Å². The molecule has 2 aromatic carbocycles. The molecule has 0 unspecified atom stereocenters. The highest BCUT2D eigenvalue weighted by Crippen LogP contribution is 2.24. The molecule has 0 aliphatic rings. The molecule has 0 spiro atoms. The molecule has 0 aliphatic heterocycles. The zero-order valence-corrected chi connectivity index (χ0v) is 18.8. The molecule has 0 aromatic heterocycles. The molecule has 8 nitrogen and oxygen atoms in total. The summed E-state index contributed by atoms with van der Waals surface area (Å²) in [5, 5.41) is 1.66. The van der Waals surface area contributed by atoms with Crippen molar-refractivity contribution in [2.24, 2.45) is 0 Å². The van der Waals surface area contributed by atoms with Crippen LogP contribution >= 0.6 is 0 Å². The van der Waals surface area contributed by atoms with Crippen LogP contribution in [-0.4, -0.2) is 66.1 Å². The molecule has 0 heterocycles. The molecule has 33 heavy (non-hydrogen) atoms. The maximum Gasteiger partial charge on any atom is 0.405 e. The van der Waals surface area contributed by atoms with E-state index < -0.39 is 41.1 Å². The zero-order valence-electron chi connectivity index (χ0n) is 18.0. The van der Waals surface area contributed by atoms with Crippen molar-refractivity contribution in [3.63, 3.8) is 0 Å². The van der Waals surface area contributed by atoms with Crippen molar-refractivity contribution >= 4 is 28.0 Å². The predicted molar refractivity (Wildman–Crippen MR) is 113 cm³/mol. The van der Waals surface area contributed by atoms with E-state index in [4.69, 9.17) is 4.74 Å². The van der Waals surface area contributed by atoms with Gasteiger partial charge in [-0.1, -0.05) is 0 Å². The number of alkyl halides is 3. The van der Waals surface area contributed by atoms with Crippen molar-refractivity contribution < 1.29 is 40.3 Å². The molecule has 2 aromatic rings. The predicted octanol–water partition coefficient (Wildman–Crippen LogP) is 2.41. The summed E-state index contributed by atoms with van der Waals surface area (Å²) >= 11 is 0. The Bertz CT molecular complexity index is 1010. The Morgan fingerprint density at radius 1 is 1.03 bits per heavy atom. The molecule has 2 amide bonds. The average Bonchev–Trinajstić information content (AvgIpc) is 2.76. The quantitative estimate of drug-likeness (QED) is 0.450. The van der Waals surface area contributed by atoms with Crippen molar-refractivity contribution in [1.29, 1.82) is 0 Å². The van der Waals surface area contributed by atoms with Crippen LogP contribution in [0.25, 0.3) is 0 Å². The van der Waals surface area contributed by atoms with Gasteiger partial charge in [-0.3, -0.25) is 13.9 Å². The third-order valence-corrected chi connectivity index (χ3v) is 5.54. The molecule has 0 fully saturated rings. The third-order valence-electron chi connectivity index (χ3n) is 3.74. The third kappa shape index (κ3) is 9.76. The number of benzene rings is 2. The average molecular weight is 493 g/mol. The minimum atomic E-state index is -4.52. The summed E-state index contributed by atoms with van der Waals surface area (Å²) < 4.78 is 80.1. The molecule has 0 radical (unpaired) electrons. The van der Waals surface area contributed by atoms with Crippen LogP contribution < -0.4 is 14.4 Å². The number of carbonyl (C=O) groups is 2. The lowest BCUT2D eigenvalue weighted by Crippen LogP contribution is -2.36. The maximum atomic E-state index is 13.0. The van der Waals surface area contributed by atoms with Crippen molar-refractivity contribution in [3.05, 3.63) is 54.3 Å². The van der Waals surface area contributed by atoms with Gasteiger partial charge in [-0.25, -0.2) is 12.8 Å². The SMILES string of the molecule is CN(C)C=O.CN(c1ccc(OCC(=O)NCC(F)(F)F)cc1)S(=O)(=O)c1ccc(F)cc1. The number of nitrogens with zero attached hydrogens (tertiary/aromatic N) is 2. The van der Waals surface area contributed by atoms with Crippen molar-refractivity contribution in [2.45, 2.75) is 11.1 Å². The molecule has 0 saturated heterocycles. The van der Waals surface area contributed by atoms with Gasteiger partial charge in [-0.05, 0) is 48.5 Å². The van der Waals surface area contributed by atoms with Gasteiger partial charge in [0.15, 0.2) is 6.61 Å². The van der Waals surface area contributed by atoms with Gasteiger partial charge in [-0.2, -0.15) is 13.2 Å². The molecular weight excluding hydrogens is 470 g/mol. The summed E-state index contributed by atoms with van der Waals surface area (Å²) in [5.74, 6) is -1.35. The number of nitrogens with one attached hydrogen (secondary N) is 1. The van der Waals surface area contributed by atoms with Crippen LogP contribution in [0.2, 0.25) is 0 Å². The summed E-state index contributed by atoms with van der Waals surface area (Å²) in [6.45, 7) is -2.08. The van der Waals surface area contributed by atoms with Crippen molar-refractivity contribution in [1.82, 2.24) is 10.2 Å². The molecule has 0 aliphatic carbocycles. The van der Waals surface area contributed by atoms with Gasteiger partial charge < -0.3 is 15.0 Å². The fourth-order valence-corrected chi connectivity index (χ4v) is 3.25. The Morgan fingerprint density at radius 3 is 2.00 bits per heavy atom. The van der Waals surface area contributed by atoms with Gasteiger partial charge in [0.2, 0.25) is 6.41 Å². The molecule has 13 heteroatoms. The van der Waals surface area contributed by atoms with Crippen LogP contribution in [0.1, 0.15) is 0 Å². The number of hydrogen-bond acceptors (Lipinski definition) is 5. The number of anilines is 1. The monoisotopic (exact) mass is 493 g/mol. The summed E-state index contributed by atoms with van der Waals surface area (Å²) in [5.41, 5.74) is 0.262. The molecule has 0 bridgehead atoms. The van der Waals surface area contributed by atoms with Gasteiger partial charge in [-0.15, -0.1) is 0 Å². The molecule has 2 rings (SSSR count). The van der Waals surface area contributed by atoms with Crippen LogP contribution in [0.3, 0.4) is 0 Å². The second-order valence-corrected chi connectivity index (χ2v) is 8.64. The van der Waals surface area contributed by atoms with E-state index in [1.807, 2.05) is 0 Å². The minimum absolute atomic E-state index is 0.0990. The zero-order chi connectivity index (χ0) is 25.2. The maximum absolute atomic E-state index is 13.0. The molecule has 0 atom stereocenters. The van der Waals surface area contributed by atoms with Crippen LogP contribution in [0.4, 0.5) is 23.2 Å². The molecule has 1 N–H and O–H groups in total. The topological polar surface area (TPSA) is 96.0 Å². The number of hydrogen-bond donors (Lipinski definition) is 1. The fourth-order valence-electron chi connectivity index (χ4n) is 2.05. The first-order valence-corrected chi connectivity index (χ1v) is 10.6. The molecule has 182 valence electrons. The highest BCUT2D eigenvalue weighted by Gasteiger charge is 2.27. The van der Waals surface area contributed by atoms with E-state index in [9.17, 15) is 35.6 Å². The normalized spacial score (nSPS) is 11.0. The van der Waals surface area contributed by atoms with Gasteiger partial charge in [0.25, 0.3) is 15.9 Å². The fraction of sp³-hybridized carbons (Fsp3) is 0.300. The van der Waals surface area contributed by atoms with Crippen LogP contribution in [0.5, 0.6) is 5.75 Å². The lowest BCUT2D eigenvalue weighted by atomic mass is 10.3. The van der Waals surface area contributed by atoms with Gasteiger partial charge in [0, 0.05) is 21.1 Å². The van der Waals surface area contributed by atoms with Crippen LogP contribution in [0, 0.1) is 5.82 Å². The first kappa shape index (κ1) is 27.7. The van der Waals surface area contributed by atoms with E-state index in [1.165, 1.54) is 36.2 Å². The van der Waals surface area contributed by atoms with E-state index in [0.717, 1.165) is 35.0 Å². The first-order chi connectivity index (χ1) is 15.3. The van der Waals surface area contributed by atoms with Crippen LogP contribution in [-0.2, 0) is 19.6 Å². The second-order valence-electron chi connectivity index (χ2n) is 6.67. The summed E-state index contributed by atoms with van der Waals surface area (Å²) in [4.78, 5) is 22.1. The Morgan fingerprint density at radius 2 is 1.55 bits per heavy atom. The number of sulfonamides is 1. The highest BCUT2D eigenvalue weighted by atomic mass is 32.2. The Kier molecular flexibility index (Phi) is 10.1. The lowest BCUT2D eigenvalue weighted by molar-refractivity contribution is -0.139. The Hall–Kier alpha value is -3.35. The smallest absolute Gasteiger partial charge is 0.405 e.